The molecule has 8 saturated carbocycles. The molecule has 0 aromatic rings. The summed E-state index contributed by atoms with van der Waals surface area (Å²) in [6, 6.07) is 1.59. The van der Waals surface area contributed by atoms with Gasteiger partial charge in [-0.05, 0) is 141 Å². The van der Waals surface area contributed by atoms with Crippen molar-refractivity contribution in [2.45, 2.75) is 204 Å². The molecule has 3 heteroatoms. The van der Waals surface area contributed by atoms with E-state index in [1.807, 2.05) is 0 Å². The molecule has 270 valence electrons. The van der Waals surface area contributed by atoms with Gasteiger partial charge in [-0.2, -0.15) is 0 Å². The summed E-state index contributed by atoms with van der Waals surface area (Å²) < 4.78 is 7.29. The van der Waals surface area contributed by atoms with Gasteiger partial charge in [-0.3, -0.25) is 10.6 Å². The summed E-state index contributed by atoms with van der Waals surface area (Å²) >= 11 is 0. The second kappa shape index (κ2) is 14.0. The van der Waals surface area contributed by atoms with Gasteiger partial charge >= 0.3 is 0 Å². The number of rotatable bonds is 4. The number of fused-ring (bicyclic) bond motifs is 8. The number of hydrogen-bond acceptors (Lipinski definition) is 3. The van der Waals surface area contributed by atoms with Crippen LogP contribution in [0.3, 0.4) is 0 Å². The lowest BCUT2D eigenvalue weighted by Crippen LogP contribution is -2.69. The molecule has 2 N–H and O–H groups in total. The second-order valence-electron chi connectivity index (χ2n) is 20.5. The minimum absolute atomic E-state index is 0.565. The van der Waals surface area contributed by atoms with Gasteiger partial charge in [0.15, 0.2) is 0 Å². The predicted octanol–water partition coefficient (Wildman–Crippen LogP) is 10.7. The molecule has 48 heavy (non-hydrogen) atoms. The Kier molecular flexibility index (Phi) is 9.50. The van der Waals surface area contributed by atoms with Gasteiger partial charge in [0.2, 0.25) is 0 Å². The Labute approximate surface area is 295 Å². The van der Waals surface area contributed by atoms with Crippen LogP contribution in [0.1, 0.15) is 173 Å². The molecule has 10 rings (SSSR count). The first-order valence-corrected chi connectivity index (χ1v) is 23.0. The standard InChI is InChI=1S/C45H74N2O/c1-3-12-28(13-4-1)30-17-11-18-33(24-30)42-40-26-32-16-7-8-19-34(32)43(40)47-45(46-42)39-27-38-37-25-31(29-14-5-2-6-15-29)22-23-41(37)48-44(38)36-21-10-9-20-35(36)39/h28-47H,1-27H2. The molecule has 0 spiro atoms. The van der Waals surface area contributed by atoms with Crippen molar-refractivity contribution in [2.75, 3.05) is 0 Å². The molecule has 10 fully saturated rings. The van der Waals surface area contributed by atoms with E-state index >= 15 is 0 Å². The summed E-state index contributed by atoms with van der Waals surface area (Å²) in [6.45, 7) is 0. The molecule has 16 atom stereocenters. The predicted molar refractivity (Wildman–Crippen MR) is 196 cm³/mol. The third kappa shape index (κ3) is 5.93. The van der Waals surface area contributed by atoms with Crippen molar-refractivity contribution in [1.29, 1.82) is 0 Å². The fourth-order valence-electron chi connectivity index (χ4n) is 16.5. The van der Waals surface area contributed by atoms with Crippen LogP contribution >= 0.6 is 0 Å². The molecular weight excluding hydrogens is 585 g/mol. The lowest BCUT2D eigenvalue weighted by atomic mass is 9.56. The van der Waals surface area contributed by atoms with Crippen LogP contribution in [0.25, 0.3) is 0 Å². The first-order chi connectivity index (χ1) is 23.8. The van der Waals surface area contributed by atoms with Crippen LogP contribution in [-0.4, -0.2) is 30.5 Å². The number of nitrogens with one attached hydrogen (secondary N) is 2. The molecule has 3 nitrogen and oxygen atoms in total. The quantitative estimate of drug-likeness (QED) is 0.315. The van der Waals surface area contributed by atoms with Gasteiger partial charge in [0.25, 0.3) is 0 Å². The van der Waals surface area contributed by atoms with E-state index in [-0.39, 0.29) is 0 Å². The van der Waals surface area contributed by atoms with Crippen LogP contribution in [0.4, 0.5) is 0 Å². The van der Waals surface area contributed by atoms with Crippen molar-refractivity contribution >= 4 is 0 Å². The topological polar surface area (TPSA) is 33.3 Å². The average molecular weight is 659 g/mol. The Hall–Kier alpha value is -0.120. The van der Waals surface area contributed by atoms with Crippen molar-refractivity contribution in [2.24, 2.45) is 76.9 Å². The van der Waals surface area contributed by atoms with E-state index in [4.69, 9.17) is 10.1 Å². The highest BCUT2D eigenvalue weighted by Crippen LogP contribution is 2.59. The molecule has 0 radical (unpaired) electrons. The van der Waals surface area contributed by atoms with Crippen LogP contribution in [0.15, 0.2) is 0 Å². The maximum atomic E-state index is 7.29. The van der Waals surface area contributed by atoms with Gasteiger partial charge in [0.05, 0.1) is 18.4 Å². The van der Waals surface area contributed by atoms with Crippen LogP contribution < -0.4 is 10.6 Å². The van der Waals surface area contributed by atoms with Crippen molar-refractivity contribution in [3.8, 4) is 0 Å². The fourth-order valence-corrected chi connectivity index (χ4v) is 16.5. The highest BCUT2D eigenvalue weighted by Gasteiger charge is 2.59. The van der Waals surface area contributed by atoms with Crippen LogP contribution in [0.2, 0.25) is 0 Å². The molecule has 0 amide bonds. The van der Waals surface area contributed by atoms with Crippen LogP contribution in [0.5, 0.6) is 0 Å². The number of ether oxygens (including phenoxy) is 1. The van der Waals surface area contributed by atoms with Gasteiger partial charge in [-0.15, -0.1) is 0 Å². The van der Waals surface area contributed by atoms with Gasteiger partial charge < -0.3 is 4.74 Å². The Morgan fingerprint density at radius 3 is 1.69 bits per heavy atom. The summed E-state index contributed by atoms with van der Waals surface area (Å²) in [6.07, 6.45) is 42.5. The molecular formula is C45H74N2O. The van der Waals surface area contributed by atoms with E-state index in [1.54, 1.807) is 32.1 Å². The molecule has 0 aromatic heterocycles. The Balaban J connectivity index is 0.922. The average Bonchev–Trinajstić information content (AvgIpc) is 3.73. The lowest BCUT2D eigenvalue weighted by Gasteiger charge is -2.55. The summed E-state index contributed by atoms with van der Waals surface area (Å²) in [4.78, 5) is 0. The van der Waals surface area contributed by atoms with E-state index < -0.39 is 0 Å². The van der Waals surface area contributed by atoms with E-state index in [0.717, 1.165) is 89.0 Å². The molecule has 2 saturated heterocycles. The summed E-state index contributed by atoms with van der Waals surface area (Å²) in [5.74, 6) is 12.3. The first-order valence-electron chi connectivity index (χ1n) is 23.0. The third-order valence-electron chi connectivity index (χ3n) is 18.6. The van der Waals surface area contributed by atoms with Crippen molar-refractivity contribution in [3.05, 3.63) is 0 Å². The van der Waals surface area contributed by atoms with Crippen molar-refractivity contribution < 1.29 is 4.74 Å². The minimum Gasteiger partial charge on any atom is -0.374 e. The first kappa shape index (κ1) is 32.5. The largest absolute Gasteiger partial charge is 0.374 e. The normalized spacial score (nSPS) is 53.2. The fraction of sp³-hybridized carbons (Fsp3) is 1.00. The van der Waals surface area contributed by atoms with Gasteiger partial charge in [0.1, 0.15) is 0 Å². The van der Waals surface area contributed by atoms with Crippen molar-refractivity contribution in [1.82, 2.24) is 10.6 Å². The molecule has 2 aliphatic heterocycles. The lowest BCUT2D eigenvalue weighted by molar-refractivity contribution is -0.0882. The van der Waals surface area contributed by atoms with Crippen molar-refractivity contribution in [3.63, 3.8) is 0 Å². The zero-order valence-corrected chi connectivity index (χ0v) is 30.9. The van der Waals surface area contributed by atoms with Gasteiger partial charge in [0, 0.05) is 12.1 Å². The SMILES string of the molecule is C1CCC(C2CCCC(C3NC(C4CC5C6CC(C7CCCCC7)CCC6OC5C5CCCCC45)NC4C5CCCCC5CC34)C2)CC1. The van der Waals surface area contributed by atoms with E-state index in [1.165, 1.54) is 141 Å². The van der Waals surface area contributed by atoms with Gasteiger partial charge in [-0.1, -0.05) is 109 Å². The Bertz CT molecular complexity index is 1080. The Morgan fingerprint density at radius 1 is 0.312 bits per heavy atom. The smallest absolute Gasteiger partial charge is 0.0641 e. The van der Waals surface area contributed by atoms with E-state index in [0.29, 0.717) is 18.4 Å². The van der Waals surface area contributed by atoms with Gasteiger partial charge in [-0.25, -0.2) is 0 Å². The molecule has 2 heterocycles. The molecule has 0 bridgehead atoms. The molecule has 10 aliphatic rings. The minimum atomic E-state index is 0.565. The molecule has 0 aromatic carbocycles. The maximum absolute atomic E-state index is 7.29. The summed E-state index contributed by atoms with van der Waals surface area (Å²) in [5.41, 5.74) is 0. The molecule has 16 unspecified atom stereocenters. The van der Waals surface area contributed by atoms with E-state index in [2.05, 4.69) is 5.32 Å². The zero-order chi connectivity index (χ0) is 31.6. The second-order valence-corrected chi connectivity index (χ2v) is 20.5. The molecule has 8 aliphatic carbocycles. The highest BCUT2D eigenvalue weighted by molar-refractivity contribution is 5.11. The third-order valence-corrected chi connectivity index (χ3v) is 18.6. The van der Waals surface area contributed by atoms with Crippen LogP contribution in [-0.2, 0) is 4.74 Å². The summed E-state index contributed by atoms with van der Waals surface area (Å²) in [7, 11) is 0. The highest BCUT2D eigenvalue weighted by atomic mass is 16.5. The van der Waals surface area contributed by atoms with Crippen LogP contribution in [0, 0.1) is 76.9 Å². The Morgan fingerprint density at radius 2 is 0.896 bits per heavy atom. The van der Waals surface area contributed by atoms with E-state index in [9.17, 15) is 0 Å². The monoisotopic (exact) mass is 659 g/mol. The summed E-state index contributed by atoms with van der Waals surface area (Å²) in [5, 5.41) is 9.31. The zero-order valence-electron chi connectivity index (χ0n) is 30.9. The maximum Gasteiger partial charge on any atom is 0.0641 e. The number of hydrogen-bond donors (Lipinski definition) is 2.